The Morgan fingerprint density at radius 1 is 1.24 bits per heavy atom. The normalized spacial score (nSPS) is 13.9. The zero-order valence-corrected chi connectivity index (χ0v) is 17.9. The third-order valence-electron chi connectivity index (χ3n) is 4.58. The number of ether oxygens (including phenoxy) is 1. The van der Waals surface area contributed by atoms with Gasteiger partial charge in [0.15, 0.2) is 10.1 Å². The Morgan fingerprint density at radius 2 is 1.93 bits per heavy atom. The van der Waals surface area contributed by atoms with Crippen LogP contribution in [0, 0.1) is 0 Å². The van der Waals surface area contributed by atoms with E-state index in [1.54, 1.807) is 30.3 Å². The molecular weight excluding hydrogens is 406 g/mol. The summed E-state index contributed by atoms with van der Waals surface area (Å²) < 4.78 is 6.33. The van der Waals surface area contributed by atoms with Gasteiger partial charge >= 0.3 is 0 Å². The Morgan fingerprint density at radius 3 is 2.48 bits per heavy atom. The number of carbonyl (C=O) groups excluding carboxylic acids is 2. The van der Waals surface area contributed by atoms with Crippen LogP contribution in [-0.4, -0.2) is 21.1 Å². The van der Waals surface area contributed by atoms with E-state index in [0.717, 1.165) is 17.5 Å². The molecule has 5 nitrogen and oxygen atoms in total. The number of thiocarbonyl (C=S) groups is 1. The minimum Gasteiger partial charge on any atom is -0.507 e. The lowest BCUT2D eigenvalue weighted by molar-refractivity contribution is -0.113. The van der Waals surface area contributed by atoms with Gasteiger partial charge in [0.1, 0.15) is 18.1 Å². The summed E-state index contributed by atoms with van der Waals surface area (Å²) in [6, 6.07) is 10.5. The van der Waals surface area contributed by atoms with Gasteiger partial charge in [-0.05, 0) is 49.2 Å². The molecule has 1 fully saturated rings. The Kier molecular flexibility index (Phi) is 6.39. The Bertz CT molecular complexity index is 999. The lowest BCUT2D eigenvalue weighted by atomic mass is 9.97. The van der Waals surface area contributed by atoms with Crippen LogP contribution in [0.5, 0.6) is 11.5 Å². The van der Waals surface area contributed by atoms with Gasteiger partial charge < -0.3 is 9.84 Å². The first-order valence-corrected chi connectivity index (χ1v) is 10.4. The van der Waals surface area contributed by atoms with Gasteiger partial charge in [0.2, 0.25) is 0 Å². The average molecular weight is 428 g/mol. The van der Waals surface area contributed by atoms with Gasteiger partial charge in [0.05, 0.1) is 16.2 Å². The highest BCUT2D eigenvalue weighted by atomic mass is 32.2. The monoisotopic (exact) mass is 427 g/mol. The van der Waals surface area contributed by atoms with Crippen molar-refractivity contribution < 1.29 is 19.4 Å². The van der Waals surface area contributed by atoms with Gasteiger partial charge in [-0.1, -0.05) is 50.0 Å². The van der Waals surface area contributed by atoms with Crippen molar-refractivity contribution in [1.82, 2.24) is 0 Å². The van der Waals surface area contributed by atoms with Gasteiger partial charge in [-0.2, -0.15) is 0 Å². The molecule has 0 spiro atoms. The Balaban J connectivity index is 1.76. The molecule has 0 saturated carbocycles. The molecule has 0 atom stereocenters. The van der Waals surface area contributed by atoms with E-state index in [0.29, 0.717) is 32.6 Å². The fourth-order valence-electron chi connectivity index (χ4n) is 3.10. The number of phenols is 1. The topological polar surface area (TPSA) is 66.8 Å². The van der Waals surface area contributed by atoms with Gasteiger partial charge in [0, 0.05) is 5.56 Å². The predicted molar refractivity (Wildman–Crippen MR) is 120 cm³/mol. The van der Waals surface area contributed by atoms with Crippen molar-refractivity contribution in [2.45, 2.75) is 33.3 Å². The second-order valence-electron chi connectivity index (χ2n) is 6.62. The highest BCUT2D eigenvalue weighted by Crippen LogP contribution is 2.34. The van der Waals surface area contributed by atoms with Gasteiger partial charge in [0.25, 0.3) is 5.91 Å². The van der Waals surface area contributed by atoms with Crippen molar-refractivity contribution in [3.05, 3.63) is 64.6 Å². The van der Waals surface area contributed by atoms with Crippen molar-refractivity contribution in [2.24, 2.45) is 0 Å². The molecule has 1 heterocycles. The molecule has 1 N–H and O–H groups in total. The number of nitrogens with zero attached hydrogens (tertiary/aromatic N) is 1. The standard InChI is InChI=1S/C22H21NO4S2/c1-4-5-19-15(6-11-18(13(2)24)20(19)25)12-27-17-9-7-16(8-10-17)23-21(26)14(3)29-22(23)28/h6-11,25H,3-5,12H2,1-2H3. The molecule has 1 saturated heterocycles. The largest absolute Gasteiger partial charge is 0.507 e. The summed E-state index contributed by atoms with van der Waals surface area (Å²) in [6.45, 7) is 7.42. The van der Waals surface area contributed by atoms with E-state index < -0.39 is 0 Å². The molecule has 2 aromatic rings. The van der Waals surface area contributed by atoms with Crippen LogP contribution in [0.3, 0.4) is 0 Å². The molecule has 0 aromatic heterocycles. The maximum atomic E-state index is 12.2. The van der Waals surface area contributed by atoms with Crippen molar-refractivity contribution >= 4 is 45.7 Å². The first-order valence-electron chi connectivity index (χ1n) is 9.16. The van der Waals surface area contributed by atoms with E-state index in [9.17, 15) is 14.7 Å². The molecule has 0 aliphatic carbocycles. The summed E-state index contributed by atoms with van der Waals surface area (Å²) in [5, 5.41) is 10.5. The van der Waals surface area contributed by atoms with Crippen LogP contribution in [0.25, 0.3) is 0 Å². The number of benzene rings is 2. The number of hydrogen-bond acceptors (Lipinski definition) is 6. The number of hydrogen-bond donors (Lipinski definition) is 1. The smallest absolute Gasteiger partial charge is 0.270 e. The van der Waals surface area contributed by atoms with Gasteiger partial charge in [-0.3, -0.25) is 14.5 Å². The molecule has 29 heavy (non-hydrogen) atoms. The molecule has 150 valence electrons. The van der Waals surface area contributed by atoms with Crippen LogP contribution in [0.2, 0.25) is 0 Å². The van der Waals surface area contributed by atoms with Crippen molar-refractivity contribution in [3.63, 3.8) is 0 Å². The maximum absolute atomic E-state index is 12.2. The number of rotatable bonds is 7. The quantitative estimate of drug-likeness (QED) is 0.381. The van der Waals surface area contributed by atoms with Crippen LogP contribution in [-0.2, 0) is 17.8 Å². The molecule has 0 radical (unpaired) electrons. The molecule has 1 aliphatic heterocycles. The second-order valence-corrected chi connectivity index (χ2v) is 8.35. The number of phenolic OH excluding ortho intramolecular Hbond substituents is 1. The number of amides is 1. The molecule has 1 amide bonds. The zero-order chi connectivity index (χ0) is 21.1. The molecule has 0 bridgehead atoms. The van der Waals surface area contributed by atoms with Crippen molar-refractivity contribution in [2.75, 3.05) is 4.90 Å². The first kappa shape index (κ1) is 21.1. The number of Topliss-reactive ketones (excluding diaryl/α,β-unsaturated/α-hetero) is 1. The SMILES string of the molecule is C=C1SC(=S)N(c2ccc(OCc3ccc(C(C)=O)c(O)c3CCC)cc2)C1=O. The molecule has 2 aromatic carbocycles. The van der Waals surface area contributed by atoms with Gasteiger partial charge in [-0.25, -0.2) is 0 Å². The lowest BCUT2D eigenvalue weighted by Crippen LogP contribution is -2.27. The maximum Gasteiger partial charge on any atom is 0.270 e. The first-order chi connectivity index (χ1) is 13.8. The van der Waals surface area contributed by atoms with Crippen LogP contribution in [0.1, 0.15) is 41.8 Å². The fourth-order valence-corrected chi connectivity index (χ4v) is 4.26. The van der Waals surface area contributed by atoms with E-state index in [1.807, 2.05) is 13.0 Å². The summed E-state index contributed by atoms with van der Waals surface area (Å²) in [5.74, 6) is 0.280. The third-order valence-corrected chi connectivity index (χ3v) is 5.79. The zero-order valence-electron chi connectivity index (χ0n) is 16.2. The number of thioether (sulfide) groups is 1. The molecule has 1 aliphatic rings. The predicted octanol–water partition coefficient (Wildman–Crippen LogP) is 5.00. The summed E-state index contributed by atoms with van der Waals surface area (Å²) in [6.07, 6.45) is 1.49. The third kappa shape index (κ3) is 4.36. The molecule has 7 heteroatoms. The Labute approximate surface area is 179 Å². The van der Waals surface area contributed by atoms with E-state index in [-0.39, 0.29) is 24.0 Å². The molecule has 3 rings (SSSR count). The highest BCUT2D eigenvalue weighted by Gasteiger charge is 2.31. The summed E-state index contributed by atoms with van der Waals surface area (Å²) in [7, 11) is 0. The van der Waals surface area contributed by atoms with E-state index in [1.165, 1.54) is 23.6 Å². The van der Waals surface area contributed by atoms with Crippen LogP contribution >= 0.6 is 24.0 Å². The Hall–Kier alpha value is -2.64. The van der Waals surface area contributed by atoms with E-state index >= 15 is 0 Å². The average Bonchev–Trinajstić information content (AvgIpc) is 2.94. The molecular formula is C22H21NO4S2. The fraction of sp³-hybridized carbons (Fsp3) is 0.227. The van der Waals surface area contributed by atoms with Crippen LogP contribution < -0.4 is 9.64 Å². The summed E-state index contributed by atoms with van der Waals surface area (Å²) in [5.41, 5.74) is 2.56. The summed E-state index contributed by atoms with van der Waals surface area (Å²) in [4.78, 5) is 25.7. The van der Waals surface area contributed by atoms with Crippen LogP contribution in [0.4, 0.5) is 5.69 Å². The van der Waals surface area contributed by atoms with Crippen LogP contribution in [0.15, 0.2) is 47.9 Å². The van der Waals surface area contributed by atoms with E-state index in [2.05, 4.69) is 6.58 Å². The minimum atomic E-state index is -0.209. The van der Waals surface area contributed by atoms with Crippen molar-refractivity contribution in [1.29, 1.82) is 0 Å². The number of anilines is 1. The lowest BCUT2D eigenvalue weighted by Gasteiger charge is -2.16. The van der Waals surface area contributed by atoms with E-state index in [4.69, 9.17) is 17.0 Å². The summed E-state index contributed by atoms with van der Waals surface area (Å²) >= 11 is 6.42. The number of aromatic hydroxyl groups is 1. The number of ketones is 1. The number of carbonyl (C=O) groups is 2. The van der Waals surface area contributed by atoms with Crippen molar-refractivity contribution in [3.8, 4) is 11.5 Å². The minimum absolute atomic E-state index is 0.0367. The van der Waals surface area contributed by atoms with Gasteiger partial charge in [-0.15, -0.1) is 0 Å². The highest BCUT2D eigenvalue weighted by molar-refractivity contribution is 8.27. The second kappa shape index (κ2) is 8.80. The molecule has 0 unspecified atom stereocenters.